The molecule has 0 heterocycles. The number of nitrogens with zero attached hydrogens (tertiary/aromatic N) is 3. The summed E-state index contributed by atoms with van der Waals surface area (Å²) >= 11 is 0. The van der Waals surface area contributed by atoms with Crippen LogP contribution >= 0.6 is 0 Å². The van der Waals surface area contributed by atoms with Gasteiger partial charge in [-0.1, -0.05) is 24.3 Å². The van der Waals surface area contributed by atoms with Crippen LogP contribution in [0.4, 0.5) is 0 Å². The molecule has 2 rings (SSSR count). The summed E-state index contributed by atoms with van der Waals surface area (Å²) in [6, 6.07) is 16.8. The Hall–Kier alpha value is -3.33. The van der Waals surface area contributed by atoms with Crippen LogP contribution in [0, 0.1) is 11.3 Å². The van der Waals surface area contributed by atoms with Crippen molar-refractivity contribution in [2.45, 2.75) is 13.8 Å². The number of carbonyl (C=O) groups excluding carboxylic acids is 2. The van der Waals surface area contributed by atoms with Crippen LogP contribution in [0.3, 0.4) is 0 Å². The van der Waals surface area contributed by atoms with Gasteiger partial charge in [0.05, 0.1) is 18.2 Å². The van der Waals surface area contributed by atoms with Crippen LogP contribution in [0.2, 0.25) is 0 Å². The van der Waals surface area contributed by atoms with Gasteiger partial charge in [0.2, 0.25) is 5.91 Å². The topological polar surface area (TPSA) is 73.6 Å². The number of ether oxygens (including phenoxy) is 1. The molecule has 0 aliphatic rings. The first kappa shape index (κ1) is 21.0. The Morgan fingerprint density at radius 1 is 0.929 bits per heavy atom. The molecule has 2 amide bonds. The van der Waals surface area contributed by atoms with Gasteiger partial charge in [-0.2, -0.15) is 5.26 Å². The van der Waals surface area contributed by atoms with E-state index in [1.807, 2.05) is 38.1 Å². The SMILES string of the molecule is CCN(CC)C(=O)CN(C)C(=O)COc1ccc(-c2ccc(C#N)cc2)cc1. The molecular weight excluding hydrogens is 354 g/mol. The van der Waals surface area contributed by atoms with Crippen LogP contribution in [0.5, 0.6) is 5.75 Å². The van der Waals surface area contributed by atoms with Gasteiger partial charge in [0.1, 0.15) is 5.75 Å². The Morgan fingerprint density at radius 2 is 1.46 bits per heavy atom. The molecule has 146 valence electrons. The maximum absolute atomic E-state index is 12.2. The maximum Gasteiger partial charge on any atom is 0.260 e. The zero-order valence-electron chi connectivity index (χ0n) is 16.5. The largest absolute Gasteiger partial charge is 0.484 e. The van der Waals surface area contributed by atoms with Crippen LogP contribution in [-0.4, -0.2) is 54.9 Å². The lowest BCUT2D eigenvalue weighted by molar-refractivity contribution is -0.140. The summed E-state index contributed by atoms with van der Waals surface area (Å²) in [5, 5.41) is 8.86. The number of hydrogen-bond donors (Lipinski definition) is 0. The van der Waals surface area contributed by atoms with Crippen molar-refractivity contribution in [3.05, 3.63) is 54.1 Å². The third kappa shape index (κ3) is 5.58. The van der Waals surface area contributed by atoms with Gasteiger partial charge in [0.15, 0.2) is 6.61 Å². The molecule has 0 radical (unpaired) electrons. The third-order valence-electron chi connectivity index (χ3n) is 4.48. The summed E-state index contributed by atoms with van der Waals surface area (Å²) in [6.07, 6.45) is 0. The monoisotopic (exact) mass is 379 g/mol. The van der Waals surface area contributed by atoms with Crippen molar-refractivity contribution < 1.29 is 14.3 Å². The highest BCUT2D eigenvalue weighted by molar-refractivity contribution is 5.85. The van der Waals surface area contributed by atoms with E-state index in [-0.39, 0.29) is 25.0 Å². The first-order valence-corrected chi connectivity index (χ1v) is 9.23. The number of rotatable bonds is 8. The van der Waals surface area contributed by atoms with Gasteiger partial charge in [0, 0.05) is 20.1 Å². The van der Waals surface area contributed by atoms with E-state index in [0.717, 1.165) is 11.1 Å². The summed E-state index contributed by atoms with van der Waals surface area (Å²) in [5.41, 5.74) is 2.60. The second kappa shape index (κ2) is 10.1. The minimum absolute atomic E-state index is 0.0432. The lowest BCUT2D eigenvalue weighted by Crippen LogP contribution is -2.42. The van der Waals surface area contributed by atoms with Crippen LogP contribution in [0.15, 0.2) is 48.5 Å². The van der Waals surface area contributed by atoms with Crippen molar-refractivity contribution in [2.75, 3.05) is 33.3 Å². The van der Waals surface area contributed by atoms with Gasteiger partial charge in [-0.25, -0.2) is 0 Å². The van der Waals surface area contributed by atoms with Gasteiger partial charge < -0.3 is 14.5 Å². The molecule has 0 saturated carbocycles. The first-order chi connectivity index (χ1) is 13.5. The van der Waals surface area contributed by atoms with Gasteiger partial charge in [-0.3, -0.25) is 9.59 Å². The van der Waals surface area contributed by atoms with Crippen LogP contribution in [-0.2, 0) is 9.59 Å². The average molecular weight is 379 g/mol. The highest BCUT2D eigenvalue weighted by Crippen LogP contribution is 2.22. The molecule has 6 heteroatoms. The molecule has 0 saturated heterocycles. The number of hydrogen-bond acceptors (Lipinski definition) is 4. The Labute approximate surface area is 165 Å². The zero-order chi connectivity index (χ0) is 20.5. The Bertz CT molecular complexity index is 835. The second-order valence-corrected chi connectivity index (χ2v) is 6.32. The zero-order valence-corrected chi connectivity index (χ0v) is 16.5. The first-order valence-electron chi connectivity index (χ1n) is 9.23. The predicted molar refractivity (Wildman–Crippen MR) is 108 cm³/mol. The molecule has 2 aromatic rings. The predicted octanol–water partition coefficient (Wildman–Crippen LogP) is 2.93. The maximum atomic E-state index is 12.2. The molecule has 2 aromatic carbocycles. The fraction of sp³-hybridized carbons (Fsp3) is 0.318. The molecule has 0 spiro atoms. The summed E-state index contributed by atoms with van der Waals surface area (Å²) in [5.74, 6) is 0.249. The van der Waals surface area contributed by atoms with Crippen LogP contribution in [0.1, 0.15) is 19.4 Å². The van der Waals surface area contributed by atoms with Gasteiger partial charge >= 0.3 is 0 Å². The lowest BCUT2D eigenvalue weighted by Gasteiger charge is -2.23. The van der Waals surface area contributed by atoms with Crippen molar-refractivity contribution in [3.63, 3.8) is 0 Å². The minimum Gasteiger partial charge on any atom is -0.484 e. The summed E-state index contributed by atoms with van der Waals surface area (Å²) in [7, 11) is 1.60. The van der Waals surface area contributed by atoms with E-state index in [1.165, 1.54) is 4.90 Å². The molecule has 28 heavy (non-hydrogen) atoms. The molecular formula is C22H25N3O3. The van der Waals surface area contributed by atoms with Crippen molar-refractivity contribution in [1.82, 2.24) is 9.80 Å². The van der Waals surface area contributed by atoms with E-state index in [4.69, 9.17) is 10.00 Å². The quantitative estimate of drug-likeness (QED) is 0.707. The fourth-order valence-electron chi connectivity index (χ4n) is 2.70. The van der Waals surface area contributed by atoms with Gasteiger partial charge in [-0.15, -0.1) is 0 Å². The van der Waals surface area contributed by atoms with Crippen LogP contribution in [0.25, 0.3) is 11.1 Å². The third-order valence-corrected chi connectivity index (χ3v) is 4.48. The van der Waals surface area contributed by atoms with Crippen molar-refractivity contribution in [1.29, 1.82) is 5.26 Å². The average Bonchev–Trinajstić information content (AvgIpc) is 2.73. The van der Waals surface area contributed by atoms with E-state index in [2.05, 4.69) is 6.07 Å². The van der Waals surface area contributed by atoms with E-state index in [1.54, 1.807) is 36.2 Å². The number of carbonyl (C=O) groups is 2. The lowest BCUT2D eigenvalue weighted by atomic mass is 10.0. The highest BCUT2D eigenvalue weighted by Gasteiger charge is 2.16. The molecule has 0 fully saturated rings. The van der Waals surface area contributed by atoms with E-state index in [9.17, 15) is 9.59 Å². The summed E-state index contributed by atoms with van der Waals surface area (Å²) in [4.78, 5) is 27.4. The standard InChI is InChI=1S/C22H25N3O3/c1-4-25(5-2)21(26)15-24(3)22(27)16-28-20-12-10-19(11-13-20)18-8-6-17(14-23)7-9-18/h6-13H,4-5,15-16H2,1-3H3. The summed E-state index contributed by atoms with van der Waals surface area (Å²) in [6.45, 7) is 4.99. The summed E-state index contributed by atoms with van der Waals surface area (Å²) < 4.78 is 5.55. The van der Waals surface area contributed by atoms with E-state index >= 15 is 0 Å². The normalized spacial score (nSPS) is 10.1. The van der Waals surface area contributed by atoms with Gasteiger partial charge in [0.25, 0.3) is 5.91 Å². The number of amides is 2. The Kier molecular flexibility index (Phi) is 7.58. The fourth-order valence-corrected chi connectivity index (χ4v) is 2.70. The van der Waals surface area contributed by atoms with E-state index < -0.39 is 0 Å². The smallest absolute Gasteiger partial charge is 0.260 e. The minimum atomic E-state index is -0.253. The van der Waals surface area contributed by atoms with Crippen molar-refractivity contribution in [3.8, 4) is 22.9 Å². The van der Waals surface area contributed by atoms with Crippen LogP contribution < -0.4 is 4.74 Å². The Morgan fingerprint density at radius 3 is 1.96 bits per heavy atom. The molecule has 6 nitrogen and oxygen atoms in total. The van der Waals surface area contributed by atoms with Gasteiger partial charge in [-0.05, 0) is 49.2 Å². The van der Waals surface area contributed by atoms with Crippen molar-refractivity contribution >= 4 is 11.8 Å². The molecule has 0 bridgehead atoms. The molecule has 0 aromatic heterocycles. The number of likely N-dealkylation sites (N-methyl/N-ethyl adjacent to an activating group) is 2. The molecule has 0 N–H and O–H groups in total. The Balaban J connectivity index is 1.89. The molecule has 0 aliphatic heterocycles. The highest BCUT2D eigenvalue weighted by atomic mass is 16.5. The molecule has 0 atom stereocenters. The number of nitriles is 1. The van der Waals surface area contributed by atoms with E-state index in [0.29, 0.717) is 24.4 Å². The second-order valence-electron chi connectivity index (χ2n) is 6.32. The van der Waals surface area contributed by atoms with Crippen molar-refractivity contribution in [2.24, 2.45) is 0 Å². The molecule has 0 unspecified atom stereocenters. The number of benzene rings is 2. The molecule has 0 aliphatic carbocycles.